The van der Waals surface area contributed by atoms with Crippen molar-refractivity contribution >= 4 is 28.7 Å². The minimum Gasteiger partial charge on any atom is -0.497 e. The van der Waals surface area contributed by atoms with Gasteiger partial charge in [-0.3, -0.25) is 15.1 Å². The van der Waals surface area contributed by atoms with Gasteiger partial charge < -0.3 is 29.0 Å². The summed E-state index contributed by atoms with van der Waals surface area (Å²) in [7, 11) is 3.18. The molecule has 1 aliphatic heterocycles. The molecular formula is C34H31N5O5S. The second kappa shape index (κ2) is 12.3. The van der Waals surface area contributed by atoms with Crippen LogP contribution in [0.2, 0.25) is 0 Å². The minimum atomic E-state index is -0.405. The van der Waals surface area contributed by atoms with Crippen molar-refractivity contribution in [3.8, 4) is 28.7 Å². The summed E-state index contributed by atoms with van der Waals surface area (Å²) in [5.74, 6) is 2.65. The standard InChI is InChI=1S/C34H31N5O5S/c1-21-19-28(22(2)37(21)30-20-24(39(40)41)10-17-31(30)43-4)33-32(29-7-5-6-18-35-29)36-34(45)38(33)23-8-11-26(12-9-23)44-27-15-13-25(42-3)14-16-27/h5-20,32-33H,1-4H3,(H,36,45)/t32-,33+/m0/s1. The van der Waals surface area contributed by atoms with E-state index in [0.717, 1.165) is 34.1 Å². The van der Waals surface area contributed by atoms with Gasteiger partial charge in [0.25, 0.3) is 5.69 Å². The van der Waals surface area contributed by atoms with Crippen LogP contribution in [0.3, 0.4) is 0 Å². The number of hydrogen-bond acceptors (Lipinski definition) is 7. The van der Waals surface area contributed by atoms with Gasteiger partial charge in [0, 0.05) is 35.4 Å². The molecule has 228 valence electrons. The molecule has 45 heavy (non-hydrogen) atoms. The van der Waals surface area contributed by atoms with Crippen molar-refractivity contribution in [2.75, 3.05) is 19.1 Å². The van der Waals surface area contributed by atoms with Gasteiger partial charge in [0.2, 0.25) is 0 Å². The number of methoxy groups -OCH3 is 2. The number of nitrogens with zero attached hydrogens (tertiary/aromatic N) is 4. The van der Waals surface area contributed by atoms with Gasteiger partial charge in [-0.05, 0) is 104 Å². The molecule has 2 aromatic heterocycles. The third-order valence-corrected chi connectivity index (χ3v) is 8.23. The number of aryl methyl sites for hydroxylation is 1. The summed E-state index contributed by atoms with van der Waals surface area (Å²) < 4.78 is 18.9. The first-order valence-corrected chi connectivity index (χ1v) is 14.6. The van der Waals surface area contributed by atoms with E-state index >= 15 is 0 Å². The Morgan fingerprint density at radius 3 is 2.20 bits per heavy atom. The average molecular weight is 622 g/mol. The second-order valence-corrected chi connectivity index (χ2v) is 10.9. The molecule has 0 radical (unpaired) electrons. The fourth-order valence-electron chi connectivity index (χ4n) is 5.83. The number of nitro benzene ring substituents is 1. The van der Waals surface area contributed by atoms with E-state index in [4.69, 9.17) is 26.4 Å². The maximum Gasteiger partial charge on any atom is 0.271 e. The zero-order chi connectivity index (χ0) is 31.7. The van der Waals surface area contributed by atoms with E-state index in [1.165, 1.54) is 12.1 Å². The number of rotatable bonds is 9. The van der Waals surface area contributed by atoms with Crippen molar-refractivity contribution < 1.29 is 19.1 Å². The molecule has 0 unspecified atom stereocenters. The molecule has 0 amide bonds. The first-order valence-electron chi connectivity index (χ1n) is 14.2. The van der Waals surface area contributed by atoms with Crippen LogP contribution in [0.4, 0.5) is 11.4 Å². The van der Waals surface area contributed by atoms with Gasteiger partial charge in [-0.15, -0.1) is 0 Å². The number of thiocarbonyl (C=S) groups is 1. The van der Waals surface area contributed by atoms with Crippen LogP contribution < -0.4 is 24.4 Å². The molecule has 0 aliphatic carbocycles. The molecule has 3 aromatic carbocycles. The molecule has 3 heterocycles. The Morgan fingerprint density at radius 2 is 1.58 bits per heavy atom. The van der Waals surface area contributed by atoms with Gasteiger partial charge in [0.1, 0.15) is 23.0 Å². The zero-order valence-corrected chi connectivity index (χ0v) is 25.9. The van der Waals surface area contributed by atoms with Crippen molar-refractivity contribution in [1.82, 2.24) is 14.9 Å². The van der Waals surface area contributed by atoms with Crippen LogP contribution in [0.5, 0.6) is 23.0 Å². The molecule has 0 bridgehead atoms. The van der Waals surface area contributed by atoms with E-state index in [1.807, 2.05) is 85.1 Å². The van der Waals surface area contributed by atoms with Gasteiger partial charge >= 0.3 is 0 Å². The number of nitro groups is 1. The van der Waals surface area contributed by atoms with Crippen LogP contribution in [-0.4, -0.2) is 33.8 Å². The highest BCUT2D eigenvalue weighted by Crippen LogP contribution is 2.45. The van der Waals surface area contributed by atoms with E-state index in [0.29, 0.717) is 28.0 Å². The smallest absolute Gasteiger partial charge is 0.271 e. The fourth-order valence-corrected chi connectivity index (χ4v) is 6.17. The Bertz CT molecular complexity index is 1860. The van der Waals surface area contributed by atoms with Crippen LogP contribution >= 0.6 is 12.2 Å². The fraction of sp³-hybridized carbons (Fsp3) is 0.176. The van der Waals surface area contributed by atoms with Gasteiger partial charge in [-0.2, -0.15) is 0 Å². The van der Waals surface area contributed by atoms with Crippen LogP contribution in [0, 0.1) is 24.0 Å². The van der Waals surface area contributed by atoms with E-state index in [9.17, 15) is 10.1 Å². The molecule has 1 fully saturated rings. The van der Waals surface area contributed by atoms with Crippen LogP contribution in [0.25, 0.3) is 5.69 Å². The highest BCUT2D eigenvalue weighted by Gasteiger charge is 2.42. The van der Waals surface area contributed by atoms with Gasteiger partial charge in [0.05, 0.1) is 42.6 Å². The highest BCUT2D eigenvalue weighted by atomic mass is 32.1. The largest absolute Gasteiger partial charge is 0.497 e. The van der Waals surface area contributed by atoms with Crippen molar-refractivity contribution in [3.05, 3.63) is 130 Å². The van der Waals surface area contributed by atoms with Crippen molar-refractivity contribution in [3.63, 3.8) is 0 Å². The number of anilines is 1. The van der Waals surface area contributed by atoms with E-state index in [2.05, 4.69) is 21.3 Å². The molecule has 11 heteroatoms. The third-order valence-electron chi connectivity index (χ3n) is 7.91. The Balaban J connectivity index is 1.42. The molecular weight excluding hydrogens is 590 g/mol. The molecule has 0 saturated carbocycles. The Kier molecular flexibility index (Phi) is 8.10. The predicted octanol–water partition coefficient (Wildman–Crippen LogP) is 7.38. The summed E-state index contributed by atoms with van der Waals surface area (Å²) in [5.41, 5.74) is 5.05. The van der Waals surface area contributed by atoms with Crippen LogP contribution in [0.1, 0.15) is 34.7 Å². The lowest BCUT2D eigenvalue weighted by Crippen LogP contribution is -2.29. The summed E-state index contributed by atoms with van der Waals surface area (Å²) >= 11 is 5.94. The maximum absolute atomic E-state index is 11.7. The first kappa shape index (κ1) is 29.6. The first-order chi connectivity index (χ1) is 21.8. The molecule has 2 atom stereocenters. The SMILES string of the molecule is COc1ccc(Oc2ccc(N3C(=S)N[C@@H](c4ccccn4)[C@H]3c3cc(C)n(-c4cc([N+](=O)[O-])ccc4OC)c3C)cc2)cc1. The number of nitrogens with one attached hydrogen (secondary N) is 1. The number of ether oxygens (including phenoxy) is 3. The highest BCUT2D eigenvalue weighted by molar-refractivity contribution is 7.80. The summed E-state index contributed by atoms with van der Waals surface area (Å²) in [6.07, 6.45) is 1.77. The lowest BCUT2D eigenvalue weighted by Gasteiger charge is -2.28. The van der Waals surface area contributed by atoms with E-state index < -0.39 is 4.92 Å². The minimum absolute atomic E-state index is 0.0199. The van der Waals surface area contributed by atoms with Crippen LogP contribution in [-0.2, 0) is 0 Å². The summed E-state index contributed by atoms with van der Waals surface area (Å²) in [5, 5.41) is 15.7. The number of aromatic nitrogens is 2. The number of benzene rings is 3. The number of non-ortho nitro benzene ring substituents is 1. The Hall–Kier alpha value is -5.42. The molecule has 5 aromatic rings. The molecule has 10 nitrogen and oxygen atoms in total. The predicted molar refractivity (Wildman–Crippen MR) is 176 cm³/mol. The van der Waals surface area contributed by atoms with Crippen molar-refractivity contribution in [2.24, 2.45) is 0 Å². The van der Waals surface area contributed by atoms with E-state index in [-0.39, 0.29) is 17.8 Å². The third kappa shape index (κ3) is 5.65. The topological polar surface area (TPSA) is 104 Å². The maximum atomic E-state index is 11.7. The van der Waals surface area contributed by atoms with E-state index in [1.54, 1.807) is 26.5 Å². The zero-order valence-electron chi connectivity index (χ0n) is 25.1. The Morgan fingerprint density at radius 1 is 0.889 bits per heavy atom. The van der Waals surface area contributed by atoms with Crippen molar-refractivity contribution in [2.45, 2.75) is 25.9 Å². The summed E-state index contributed by atoms with van der Waals surface area (Å²) in [4.78, 5) is 18.0. The summed E-state index contributed by atoms with van der Waals surface area (Å²) in [6, 6.07) is 27.1. The molecule has 1 aliphatic rings. The molecule has 0 spiro atoms. The number of pyridine rings is 1. The molecule has 1 saturated heterocycles. The van der Waals surface area contributed by atoms with Gasteiger partial charge in [-0.25, -0.2) is 0 Å². The lowest BCUT2D eigenvalue weighted by atomic mass is 9.96. The average Bonchev–Trinajstić information content (AvgIpc) is 3.56. The quantitative estimate of drug-likeness (QED) is 0.103. The molecule has 1 N–H and O–H groups in total. The second-order valence-electron chi connectivity index (χ2n) is 10.5. The molecule has 6 rings (SSSR count). The van der Waals surface area contributed by atoms with Crippen LogP contribution in [0.15, 0.2) is 97.2 Å². The van der Waals surface area contributed by atoms with Gasteiger partial charge in [0.15, 0.2) is 5.11 Å². The summed E-state index contributed by atoms with van der Waals surface area (Å²) in [6.45, 7) is 3.97. The monoisotopic (exact) mass is 621 g/mol. The Labute approximate surface area is 266 Å². The number of hydrogen-bond donors (Lipinski definition) is 1. The van der Waals surface area contributed by atoms with Crippen molar-refractivity contribution in [1.29, 1.82) is 0 Å². The normalized spacial score (nSPS) is 15.9. The lowest BCUT2D eigenvalue weighted by molar-refractivity contribution is -0.384. The van der Waals surface area contributed by atoms with Gasteiger partial charge in [-0.1, -0.05) is 6.07 Å².